The van der Waals surface area contributed by atoms with E-state index in [2.05, 4.69) is 9.36 Å². The highest BCUT2D eigenvalue weighted by atomic mass is 32.1. The summed E-state index contributed by atoms with van der Waals surface area (Å²) in [5.41, 5.74) is 1.92. The van der Waals surface area contributed by atoms with Crippen molar-refractivity contribution in [2.24, 2.45) is 0 Å². The van der Waals surface area contributed by atoms with Crippen LogP contribution in [0.3, 0.4) is 0 Å². The summed E-state index contributed by atoms with van der Waals surface area (Å²) in [6.07, 6.45) is 0. The Labute approximate surface area is 106 Å². The second-order valence-electron chi connectivity index (χ2n) is 3.44. The molecule has 0 aliphatic carbocycles. The molecule has 84 valence electrons. The van der Waals surface area contributed by atoms with E-state index in [0.717, 1.165) is 16.1 Å². The minimum absolute atomic E-state index is 0.248. The van der Waals surface area contributed by atoms with E-state index in [1.165, 1.54) is 23.7 Å². The quantitative estimate of drug-likeness (QED) is 0.695. The minimum Gasteiger partial charge on any atom is -0.215 e. The maximum absolute atomic E-state index is 12.8. The van der Waals surface area contributed by atoms with Gasteiger partial charge < -0.3 is 0 Å². The van der Waals surface area contributed by atoms with Gasteiger partial charge in [0.2, 0.25) is 0 Å². The van der Waals surface area contributed by atoms with Crippen LogP contribution in [0, 0.1) is 5.82 Å². The van der Waals surface area contributed by atoms with Crippen molar-refractivity contribution in [2.75, 3.05) is 0 Å². The van der Waals surface area contributed by atoms with Crippen molar-refractivity contribution < 1.29 is 4.39 Å². The first-order valence-electron chi connectivity index (χ1n) is 4.95. The van der Waals surface area contributed by atoms with Gasteiger partial charge in [-0.15, -0.1) is 0 Å². The van der Waals surface area contributed by atoms with Crippen LogP contribution in [-0.4, -0.2) is 9.36 Å². The number of nitrogens with zero attached hydrogens (tertiary/aromatic N) is 2. The largest absolute Gasteiger partial charge is 0.215 e. The molecule has 1 aromatic carbocycles. The predicted molar refractivity (Wildman–Crippen MR) is 68.6 cm³/mol. The van der Waals surface area contributed by atoms with Crippen LogP contribution in [0.5, 0.6) is 0 Å². The predicted octanol–water partition coefficient (Wildman–Crippen LogP) is 4.07. The number of thiophene rings is 1. The number of halogens is 1. The standard InChI is InChI=1S/C12H7FN2S2/c13-10-3-1-8(2-4-10)11-14-12(17-15-11)9-5-6-16-7-9/h1-7H. The lowest BCUT2D eigenvalue weighted by Gasteiger charge is -1.93. The van der Waals surface area contributed by atoms with Crippen LogP contribution >= 0.6 is 22.9 Å². The molecule has 0 fully saturated rings. The van der Waals surface area contributed by atoms with Crippen molar-refractivity contribution in [1.82, 2.24) is 9.36 Å². The van der Waals surface area contributed by atoms with Gasteiger partial charge in [0.15, 0.2) is 5.82 Å². The molecule has 0 spiro atoms. The molecule has 5 heteroatoms. The van der Waals surface area contributed by atoms with E-state index in [-0.39, 0.29) is 5.82 Å². The molecule has 0 radical (unpaired) electrons. The molecule has 0 saturated carbocycles. The molecule has 0 bridgehead atoms. The zero-order valence-corrected chi connectivity index (χ0v) is 10.3. The van der Waals surface area contributed by atoms with Crippen LogP contribution in [0.25, 0.3) is 22.0 Å². The SMILES string of the molecule is Fc1ccc(-c2nsc(-c3ccsc3)n2)cc1. The Bertz CT molecular complexity index is 614. The van der Waals surface area contributed by atoms with Crippen molar-refractivity contribution >= 4 is 22.9 Å². The number of hydrogen-bond donors (Lipinski definition) is 0. The van der Waals surface area contributed by atoms with E-state index in [1.54, 1.807) is 23.5 Å². The Kier molecular flexibility index (Phi) is 2.70. The highest BCUT2D eigenvalue weighted by molar-refractivity contribution is 7.11. The summed E-state index contributed by atoms with van der Waals surface area (Å²) in [6.45, 7) is 0. The summed E-state index contributed by atoms with van der Waals surface area (Å²) >= 11 is 2.99. The molecule has 0 aliphatic rings. The molecule has 3 aromatic rings. The third-order valence-electron chi connectivity index (χ3n) is 2.30. The Morgan fingerprint density at radius 2 is 1.82 bits per heavy atom. The first-order chi connectivity index (χ1) is 8.33. The average molecular weight is 262 g/mol. The summed E-state index contributed by atoms with van der Waals surface area (Å²) < 4.78 is 17.1. The number of benzene rings is 1. The van der Waals surface area contributed by atoms with E-state index in [0.29, 0.717) is 5.82 Å². The van der Waals surface area contributed by atoms with Crippen LogP contribution in [0.1, 0.15) is 0 Å². The highest BCUT2D eigenvalue weighted by Crippen LogP contribution is 2.27. The molecule has 0 amide bonds. The normalized spacial score (nSPS) is 10.6. The molecule has 2 aromatic heterocycles. The minimum atomic E-state index is -0.248. The van der Waals surface area contributed by atoms with E-state index in [9.17, 15) is 4.39 Å². The van der Waals surface area contributed by atoms with Crippen LogP contribution in [0.15, 0.2) is 41.1 Å². The van der Waals surface area contributed by atoms with Crippen molar-refractivity contribution in [3.05, 3.63) is 46.9 Å². The number of aromatic nitrogens is 2. The second kappa shape index (κ2) is 4.35. The van der Waals surface area contributed by atoms with Crippen molar-refractivity contribution in [3.8, 4) is 22.0 Å². The third-order valence-corrected chi connectivity index (χ3v) is 3.74. The Morgan fingerprint density at radius 1 is 1.00 bits per heavy atom. The molecule has 17 heavy (non-hydrogen) atoms. The summed E-state index contributed by atoms with van der Waals surface area (Å²) in [6, 6.07) is 8.23. The van der Waals surface area contributed by atoms with Gasteiger partial charge in [-0.25, -0.2) is 9.37 Å². The summed E-state index contributed by atoms with van der Waals surface area (Å²) in [5, 5.41) is 4.94. The van der Waals surface area contributed by atoms with Gasteiger partial charge in [-0.1, -0.05) is 0 Å². The molecular formula is C12H7FN2S2. The van der Waals surface area contributed by atoms with Gasteiger partial charge >= 0.3 is 0 Å². The molecule has 0 atom stereocenters. The molecule has 2 nitrogen and oxygen atoms in total. The van der Waals surface area contributed by atoms with Gasteiger partial charge in [0.05, 0.1) is 0 Å². The number of hydrogen-bond acceptors (Lipinski definition) is 4. The summed E-state index contributed by atoms with van der Waals surface area (Å²) in [4.78, 5) is 4.44. The van der Waals surface area contributed by atoms with Crippen LogP contribution in [-0.2, 0) is 0 Å². The van der Waals surface area contributed by atoms with Gasteiger partial charge in [-0.2, -0.15) is 15.7 Å². The fraction of sp³-hybridized carbons (Fsp3) is 0. The lowest BCUT2D eigenvalue weighted by atomic mass is 10.2. The van der Waals surface area contributed by atoms with Crippen LogP contribution in [0.2, 0.25) is 0 Å². The summed E-state index contributed by atoms with van der Waals surface area (Å²) in [5.74, 6) is 0.401. The smallest absolute Gasteiger partial charge is 0.173 e. The maximum Gasteiger partial charge on any atom is 0.173 e. The fourth-order valence-corrected chi connectivity index (χ4v) is 2.84. The second-order valence-corrected chi connectivity index (χ2v) is 4.97. The Hall–Kier alpha value is -1.59. The van der Waals surface area contributed by atoms with E-state index in [1.807, 2.05) is 16.8 Å². The van der Waals surface area contributed by atoms with Gasteiger partial charge in [0, 0.05) is 16.5 Å². The van der Waals surface area contributed by atoms with E-state index in [4.69, 9.17) is 0 Å². The van der Waals surface area contributed by atoms with Gasteiger partial charge in [0.1, 0.15) is 10.8 Å². The van der Waals surface area contributed by atoms with Crippen LogP contribution in [0.4, 0.5) is 4.39 Å². The van der Waals surface area contributed by atoms with Crippen molar-refractivity contribution in [2.45, 2.75) is 0 Å². The van der Waals surface area contributed by atoms with Gasteiger partial charge in [0.25, 0.3) is 0 Å². The van der Waals surface area contributed by atoms with Crippen molar-refractivity contribution in [3.63, 3.8) is 0 Å². The van der Waals surface area contributed by atoms with E-state index >= 15 is 0 Å². The third kappa shape index (κ3) is 2.11. The lowest BCUT2D eigenvalue weighted by molar-refractivity contribution is 0.628. The molecule has 0 saturated heterocycles. The fourth-order valence-electron chi connectivity index (χ4n) is 1.44. The highest BCUT2D eigenvalue weighted by Gasteiger charge is 2.08. The molecule has 0 aliphatic heterocycles. The van der Waals surface area contributed by atoms with Crippen molar-refractivity contribution in [1.29, 1.82) is 0 Å². The van der Waals surface area contributed by atoms with Crippen LogP contribution < -0.4 is 0 Å². The topological polar surface area (TPSA) is 25.8 Å². The van der Waals surface area contributed by atoms with Gasteiger partial charge in [-0.3, -0.25) is 0 Å². The Morgan fingerprint density at radius 3 is 2.53 bits per heavy atom. The monoisotopic (exact) mass is 262 g/mol. The molecule has 3 rings (SSSR count). The molecule has 2 heterocycles. The first kappa shape index (κ1) is 10.6. The van der Waals surface area contributed by atoms with Gasteiger partial charge in [-0.05, 0) is 47.2 Å². The lowest BCUT2D eigenvalue weighted by Crippen LogP contribution is -1.81. The zero-order chi connectivity index (χ0) is 11.7. The maximum atomic E-state index is 12.8. The van der Waals surface area contributed by atoms with E-state index < -0.39 is 0 Å². The molecule has 0 N–H and O–H groups in total. The Balaban J connectivity index is 1.98. The number of rotatable bonds is 2. The average Bonchev–Trinajstić information content (AvgIpc) is 3.00. The zero-order valence-electron chi connectivity index (χ0n) is 8.63. The molecular weight excluding hydrogens is 255 g/mol. The first-order valence-corrected chi connectivity index (χ1v) is 6.67. The molecule has 0 unspecified atom stereocenters. The summed E-state index contributed by atoms with van der Waals surface area (Å²) in [7, 11) is 0.